The minimum atomic E-state index is 0.106. The van der Waals surface area contributed by atoms with E-state index in [1.165, 1.54) is 31.3 Å². The summed E-state index contributed by atoms with van der Waals surface area (Å²) < 4.78 is 0. The van der Waals surface area contributed by atoms with Crippen molar-refractivity contribution < 1.29 is 0 Å². The molecule has 0 aromatic rings. The second-order valence-corrected chi connectivity index (χ2v) is 5.05. The van der Waals surface area contributed by atoms with Gasteiger partial charge in [0, 0.05) is 5.54 Å². The molecule has 0 amide bonds. The summed E-state index contributed by atoms with van der Waals surface area (Å²) in [6, 6.07) is 0. The molecule has 0 radical (unpaired) electrons. The van der Waals surface area contributed by atoms with Crippen LogP contribution in [0.25, 0.3) is 0 Å². The third kappa shape index (κ3) is 3.51. The Hall–Kier alpha value is -0.300. The normalized spacial score (nSPS) is 34.3. The summed E-state index contributed by atoms with van der Waals surface area (Å²) in [7, 11) is 0. The van der Waals surface area contributed by atoms with E-state index in [-0.39, 0.29) is 5.54 Å². The van der Waals surface area contributed by atoms with Crippen LogP contribution in [0.5, 0.6) is 0 Å². The van der Waals surface area contributed by atoms with Gasteiger partial charge < -0.3 is 5.73 Å². The highest BCUT2D eigenvalue weighted by atomic mass is 14.7. The standard InChI is InChI=1S/C12H23N/c1-10(2)6-8-12(13)7-4-5-11(3)9-12/h6,11H,4-5,7-9,13H2,1-3H3. The van der Waals surface area contributed by atoms with Crippen LogP contribution in [-0.2, 0) is 0 Å². The lowest BCUT2D eigenvalue weighted by molar-refractivity contribution is 0.238. The van der Waals surface area contributed by atoms with Crippen LogP contribution in [0.1, 0.15) is 52.9 Å². The first-order valence-corrected chi connectivity index (χ1v) is 5.44. The molecule has 2 atom stereocenters. The minimum Gasteiger partial charge on any atom is -0.325 e. The predicted molar refractivity (Wildman–Crippen MR) is 58.6 cm³/mol. The lowest BCUT2D eigenvalue weighted by Crippen LogP contribution is -2.43. The number of hydrogen-bond donors (Lipinski definition) is 1. The molecule has 0 spiro atoms. The molecule has 0 bridgehead atoms. The first-order valence-electron chi connectivity index (χ1n) is 5.44. The molecule has 13 heavy (non-hydrogen) atoms. The molecular weight excluding hydrogens is 158 g/mol. The molecule has 0 saturated heterocycles. The molecule has 1 nitrogen and oxygen atoms in total. The van der Waals surface area contributed by atoms with Crippen molar-refractivity contribution in [3.05, 3.63) is 11.6 Å². The molecule has 1 heteroatoms. The molecule has 0 aliphatic heterocycles. The van der Waals surface area contributed by atoms with E-state index in [2.05, 4.69) is 26.8 Å². The van der Waals surface area contributed by atoms with Crippen molar-refractivity contribution in [3.63, 3.8) is 0 Å². The predicted octanol–water partition coefficient (Wildman–Crippen LogP) is 3.25. The largest absolute Gasteiger partial charge is 0.325 e. The maximum Gasteiger partial charge on any atom is 0.0191 e. The molecule has 1 fully saturated rings. The number of hydrogen-bond acceptors (Lipinski definition) is 1. The lowest BCUT2D eigenvalue weighted by Gasteiger charge is -2.36. The van der Waals surface area contributed by atoms with E-state index in [4.69, 9.17) is 5.73 Å². The average Bonchev–Trinajstić information content (AvgIpc) is 2.01. The van der Waals surface area contributed by atoms with Crippen LogP contribution >= 0.6 is 0 Å². The van der Waals surface area contributed by atoms with Gasteiger partial charge in [-0.3, -0.25) is 0 Å². The van der Waals surface area contributed by atoms with E-state index < -0.39 is 0 Å². The average molecular weight is 181 g/mol. The van der Waals surface area contributed by atoms with E-state index in [0.717, 1.165) is 12.3 Å². The van der Waals surface area contributed by atoms with E-state index in [9.17, 15) is 0 Å². The topological polar surface area (TPSA) is 26.0 Å². The van der Waals surface area contributed by atoms with E-state index >= 15 is 0 Å². The molecule has 1 saturated carbocycles. The van der Waals surface area contributed by atoms with Gasteiger partial charge in [0.05, 0.1) is 0 Å². The lowest BCUT2D eigenvalue weighted by atomic mass is 9.75. The van der Waals surface area contributed by atoms with Crippen molar-refractivity contribution in [2.45, 2.75) is 58.4 Å². The molecule has 1 aliphatic carbocycles. The van der Waals surface area contributed by atoms with Gasteiger partial charge in [-0.05, 0) is 39.0 Å². The number of rotatable bonds is 2. The maximum absolute atomic E-state index is 6.35. The monoisotopic (exact) mass is 181 g/mol. The van der Waals surface area contributed by atoms with Crippen LogP contribution in [0.2, 0.25) is 0 Å². The van der Waals surface area contributed by atoms with Gasteiger partial charge in [0.25, 0.3) is 0 Å². The van der Waals surface area contributed by atoms with Gasteiger partial charge in [-0.25, -0.2) is 0 Å². The highest BCUT2D eigenvalue weighted by molar-refractivity contribution is 5.01. The smallest absolute Gasteiger partial charge is 0.0191 e. The Bertz CT molecular complexity index is 191. The van der Waals surface area contributed by atoms with Crippen LogP contribution in [0.15, 0.2) is 11.6 Å². The Morgan fingerprint density at radius 2 is 2.23 bits per heavy atom. The highest BCUT2D eigenvalue weighted by Gasteiger charge is 2.29. The third-order valence-electron chi connectivity index (χ3n) is 3.04. The molecule has 0 aromatic carbocycles. The van der Waals surface area contributed by atoms with Gasteiger partial charge in [0.15, 0.2) is 0 Å². The van der Waals surface area contributed by atoms with Crippen molar-refractivity contribution in [2.75, 3.05) is 0 Å². The zero-order chi connectivity index (χ0) is 9.90. The zero-order valence-electron chi connectivity index (χ0n) is 9.27. The Labute approximate surface area is 82.4 Å². The molecule has 2 N–H and O–H groups in total. The Morgan fingerprint density at radius 3 is 2.77 bits per heavy atom. The van der Waals surface area contributed by atoms with Gasteiger partial charge in [0.1, 0.15) is 0 Å². The summed E-state index contributed by atoms with van der Waals surface area (Å²) in [6.07, 6.45) is 8.46. The summed E-state index contributed by atoms with van der Waals surface area (Å²) in [4.78, 5) is 0. The summed E-state index contributed by atoms with van der Waals surface area (Å²) in [5, 5.41) is 0. The van der Waals surface area contributed by atoms with E-state index in [0.29, 0.717) is 0 Å². The molecule has 0 aromatic heterocycles. The number of allylic oxidation sites excluding steroid dienone is 1. The quantitative estimate of drug-likeness (QED) is 0.650. The van der Waals surface area contributed by atoms with Crippen LogP contribution < -0.4 is 5.73 Å². The minimum absolute atomic E-state index is 0.106. The van der Waals surface area contributed by atoms with Gasteiger partial charge in [-0.1, -0.05) is 31.4 Å². The summed E-state index contributed by atoms with van der Waals surface area (Å²) in [5.41, 5.74) is 7.85. The van der Waals surface area contributed by atoms with Gasteiger partial charge >= 0.3 is 0 Å². The van der Waals surface area contributed by atoms with Crippen LogP contribution in [0.3, 0.4) is 0 Å². The second-order valence-electron chi connectivity index (χ2n) is 5.05. The van der Waals surface area contributed by atoms with Crippen molar-refractivity contribution in [1.82, 2.24) is 0 Å². The van der Waals surface area contributed by atoms with Crippen molar-refractivity contribution in [2.24, 2.45) is 11.7 Å². The molecule has 1 rings (SSSR count). The van der Waals surface area contributed by atoms with E-state index in [1.54, 1.807) is 0 Å². The second kappa shape index (κ2) is 4.28. The van der Waals surface area contributed by atoms with E-state index in [1.807, 2.05) is 0 Å². The fraction of sp³-hybridized carbons (Fsp3) is 0.833. The van der Waals surface area contributed by atoms with Crippen molar-refractivity contribution >= 4 is 0 Å². The fourth-order valence-electron chi connectivity index (χ4n) is 2.29. The van der Waals surface area contributed by atoms with Gasteiger partial charge in [-0.15, -0.1) is 0 Å². The third-order valence-corrected chi connectivity index (χ3v) is 3.04. The van der Waals surface area contributed by atoms with Crippen molar-refractivity contribution in [3.8, 4) is 0 Å². The zero-order valence-corrected chi connectivity index (χ0v) is 9.27. The molecule has 2 unspecified atom stereocenters. The van der Waals surface area contributed by atoms with Crippen LogP contribution in [0, 0.1) is 5.92 Å². The SMILES string of the molecule is CC(C)=CCC1(N)CCCC(C)C1. The fourth-order valence-corrected chi connectivity index (χ4v) is 2.29. The highest BCUT2D eigenvalue weighted by Crippen LogP contribution is 2.33. The van der Waals surface area contributed by atoms with Crippen LogP contribution in [0.4, 0.5) is 0 Å². The van der Waals surface area contributed by atoms with Crippen molar-refractivity contribution in [1.29, 1.82) is 0 Å². The van der Waals surface area contributed by atoms with Gasteiger partial charge in [-0.2, -0.15) is 0 Å². The first kappa shape index (κ1) is 10.8. The summed E-state index contributed by atoms with van der Waals surface area (Å²) in [6.45, 7) is 6.62. The van der Waals surface area contributed by atoms with Crippen LogP contribution in [-0.4, -0.2) is 5.54 Å². The molecule has 76 valence electrons. The molecular formula is C12H23N. The summed E-state index contributed by atoms with van der Waals surface area (Å²) in [5.74, 6) is 0.823. The number of nitrogens with two attached hydrogens (primary N) is 1. The first-order chi connectivity index (χ1) is 6.02. The van der Waals surface area contributed by atoms with Gasteiger partial charge in [0.2, 0.25) is 0 Å². The Morgan fingerprint density at radius 1 is 1.54 bits per heavy atom. The molecule has 0 heterocycles. The summed E-state index contributed by atoms with van der Waals surface area (Å²) >= 11 is 0. The molecule has 1 aliphatic rings. The Kier molecular flexibility index (Phi) is 3.55. The maximum atomic E-state index is 6.35. The Balaban J connectivity index is 2.49.